The Bertz CT molecular complexity index is 817. The van der Waals surface area contributed by atoms with Gasteiger partial charge in [0.15, 0.2) is 0 Å². The fraction of sp³-hybridized carbons (Fsp3) is 0.200. The van der Waals surface area contributed by atoms with Crippen LogP contribution in [0.1, 0.15) is 18.2 Å². The van der Waals surface area contributed by atoms with Gasteiger partial charge in [-0.15, -0.1) is 0 Å². The number of nitrogens with zero attached hydrogens (tertiary/aromatic N) is 2. The van der Waals surface area contributed by atoms with Gasteiger partial charge < -0.3 is 5.32 Å². The molecule has 0 fully saturated rings. The molecule has 0 radical (unpaired) electrons. The average molecular weight is 316 g/mol. The van der Waals surface area contributed by atoms with Crippen LogP contribution < -0.4 is 10.0 Å². The molecule has 0 amide bonds. The first-order valence-corrected chi connectivity index (χ1v) is 8.44. The van der Waals surface area contributed by atoms with Crippen LogP contribution in [-0.2, 0) is 23.0 Å². The molecular formula is C15H16N4O2S. The van der Waals surface area contributed by atoms with E-state index < -0.39 is 10.0 Å². The Kier molecular flexibility index (Phi) is 3.81. The highest BCUT2D eigenvalue weighted by atomic mass is 32.2. The van der Waals surface area contributed by atoms with E-state index in [1.807, 2.05) is 31.2 Å². The fourth-order valence-corrected chi connectivity index (χ4v) is 3.37. The van der Waals surface area contributed by atoms with Gasteiger partial charge in [0.2, 0.25) is 5.96 Å². The van der Waals surface area contributed by atoms with Gasteiger partial charge in [-0.25, -0.2) is 18.1 Å². The third-order valence-corrected chi connectivity index (χ3v) is 4.73. The number of aromatic nitrogens is 1. The van der Waals surface area contributed by atoms with Gasteiger partial charge in [0.25, 0.3) is 10.0 Å². The number of rotatable bonds is 3. The number of guanidine groups is 1. The van der Waals surface area contributed by atoms with Crippen molar-refractivity contribution in [1.29, 1.82) is 0 Å². The summed E-state index contributed by atoms with van der Waals surface area (Å²) in [6, 6.07) is 10.9. The highest BCUT2D eigenvalue weighted by Crippen LogP contribution is 2.26. The summed E-state index contributed by atoms with van der Waals surface area (Å²) >= 11 is 0. The summed E-state index contributed by atoms with van der Waals surface area (Å²) in [6.07, 6.45) is 2.46. The van der Waals surface area contributed by atoms with Gasteiger partial charge in [-0.3, -0.25) is 4.98 Å². The van der Waals surface area contributed by atoms with Crippen molar-refractivity contribution in [2.24, 2.45) is 4.99 Å². The molecule has 1 aromatic carbocycles. The van der Waals surface area contributed by atoms with Crippen LogP contribution in [0.4, 0.5) is 5.69 Å². The van der Waals surface area contributed by atoms with E-state index in [0.717, 1.165) is 17.7 Å². The van der Waals surface area contributed by atoms with Gasteiger partial charge in [-0.1, -0.05) is 19.1 Å². The van der Waals surface area contributed by atoms with Crippen molar-refractivity contribution in [2.75, 3.05) is 5.32 Å². The molecule has 114 valence electrons. The molecule has 0 bridgehead atoms. The van der Waals surface area contributed by atoms with Crippen molar-refractivity contribution in [1.82, 2.24) is 9.71 Å². The maximum atomic E-state index is 12.3. The van der Waals surface area contributed by atoms with E-state index in [4.69, 9.17) is 0 Å². The third kappa shape index (κ3) is 2.94. The molecule has 0 saturated heterocycles. The second-order valence-electron chi connectivity index (χ2n) is 4.90. The SMILES string of the molecule is CCc1ccc2c(c1)S(=O)(=O)NC(=NCc1ccccn1)N2. The summed E-state index contributed by atoms with van der Waals surface area (Å²) in [5.74, 6) is 0.211. The number of fused-ring (bicyclic) bond motifs is 1. The van der Waals surface area contributed by atoms with Gasteiger partial charge in [0, 0.05) is 6.20 Å². The molecule has 0 saturated carbocycles. The summed E-state index contributed by atoms with van der Waals surface area (Å²) in [4.78, 5) is 8.65. The van der Waals surface area contributed by atoms with Crippen LogP contribution in [-0.4, -0.2) is 19.4 Å². The van der Waals surface area contributed by atoms with Crippen LogP contribution in [0.15, 0.2) is 52.5 Å². The monoisotopic (exact) mass is 316 g/mol. The Balaban J connectivity index is 1.89. The number of aryl methyl sites for hydroxylation is 1. The molecular weight excluding hydrogens is 300 g/mol. The molecule has 2 aromatic rings. The summed E-state index contributed by atoms with van der Waals surface area (Å²) in [5.41, 5.74) is 2.28. The molecule has 1 aliphatic heterocycles. The maximum Gasteiger partial charge on any atom is 0.266 e. The molecule has 0 spiro atoms. The Labute approximate surface area is 129 Å². The predicted octanol–water partition coefficient (Wildman–Crippen LogP) is 1.90. The topological polar surface area (TPSA) is 83.5 Å². The predicted molar refractivity (Wildman–Crippen MR) is 85.1 cm³/mol. The second kappa shape index (κ2) is 5.76. The van der Waals surface area contributed by atoms with Crippen molar-refractivity contribution in [3.8, 4) is 0 Å². The van der Waals surface area contributed by atoms with Crippen LogP contribution in [0.2, 0.25) is 0 Å². The number of aliphatic imine (C=N–C) groups is 1. The minimum atomic E-state index is -3.59. The Morgan fingerprint density at radius 3 is 2.82 bits per heavy atom. The van der Waals surface area contributed by atoms with Crippen LogP contribution in [0, 0.1) is 0 Å². The molecule has 1 aromatic heterocycles. The fourth-order valence-electron chi connectivity index (χ4n) is 2.17. The molecule has 7 heteroatoms. The second-order valence-corrected chi connectivity index (χ2v) is 6.55. The first-order chi connectivity index (χ1) is 10.6. The molecule has 2 heterocycles. The van der Waals surface area contributed by atoms with Crippen molar-refractivity contribution < 1.29 is 8.42 Å². The molecule has 22 heavy (non-hydrogen) atoms. The van der Waals surface area contributed by atoms with E-state index >= 15 is 0 Å². The Morgan fingerprint density at radius 1 is 1.23 bits per heavy atom. The van der Waals surface area contributed by atoms with Crippen LogP contribution in [0.5, 0.6) is 0 Å². The molecule has 1 aliphatic rings. The molecule has 3 rings (SSSR count). The van der Waals surface area contributed by atoms with Crippen LogP contribution >= 0.6 is 0 Å². The summed E-state index contributed by atoms with van der Waals surface area (Å²) in [6.45, 7) is 2.28. The van der Waals surface area contributed by atoms with E-state index in [9.17, 15) is 8.42 Å². The maximum absolute atomic E-state index is 12.3. The largest absolute Gasteiger partial charge is 0.324 e. The number of hydrogen-bond donors (Lipinski definition) is 2. The normalized spacial score (nSPS) is 17.4. The third-order valence-electron chi connectivity index (χ3n) is 3.35. The van der Waals surface area contributed by atoms with E-state index in [-0.39, 0.29) is 10.9 Å². The minimum Gasteiger partial charge on any atom is -0.324 e. The highest BCUT2D eigenvalue weighted by Gasteiger charge is 2.26. The van der Waals surface area contributed by atoms with Crippen molar-refractivity contribution in [3.05, 3.63) is 53.9 Å². The van der Waals surface area contributed by atoms with Gasteiger partial charge >= 0.3 is 0 Å². The number of anilines is 1. The highest BCUT2D eigenvalue weighted by molar-refractivity contribution is 7.90. The van der Waals surface area contributed by atoms with Gasteiger partial charge in [-0.2, -0.15) is 0 Å². The quantitative estimate of drug-likeness (QED) is 0.906. The zero-order valence-electron chi connectivity index (χ0n) is 12.1. The minimum absolute atomic E-state index is 0.211. The molecule has 0 atom stereocenters. The lowest BCUT2D eigenvalue weighted by Gasteiger charge is -2.22. The lowest BCUT2D eigenvalue weighted by Crippen LogP contribution is -2.40. The van der Waals surface area contributed by atoms with Gasteiger partial charge in [-0.05, 0) is 36.2 Å². The molecule has 0 aliphatic carbocycles. The molecule has 6 nitrogen and oxygen atoms in total. The number of pyridine rings is 1. The smallest absolute Gasteiger partial charge is 0.266 e. The summed E-state index contributed by atoms with van der Waals surface area (Å²) < 4.78 is 27.1. The van der Waals surface area contributed by atoms with E-state index in [0.29, 0.717) is 12.2 Å². The zero-order chi connectivity index (χ0) is 15.6. The van der Waals surface area contributed by atoms with Crippen molar-refractivity contribution >= 4 is 21.7 Å². The lowest BCUT2D eigenvalue weighted by atomic mass is 10.1. The van der Waals surface area contributed by atoms with Crippen molar-refractivity contribution in [2.45, 2.75) is 24.8 Å². The van der Waals surface area contributed by atoms with Crippen LogP contribution in [0.3, 0.4) is 0 Å². The van der Waals surface area contributed by atoms with E-state index in [2.05, 4.69) is 20.0 Å². The standard InChI is InChI=1S/C15H16N4O2S/c1-2-11-6-7-13-14(9-11)22(20,21)19-15(18-13)17-10-12-5-3-4-8-16-12/h3-9H,2,10H2,1H3,(H2,17,18,19). The number of benzene rings is 1. The van der Waals surface area contributed by atoms with E-state index in [1.54, 1.807) is 18.3 Å². The number of hydrogen-bond acceptors (Lipinski definition) is 4. The molecule has 2 N–H and O–H groups in total. The van der Waals surface area contributed by atoms with Gasteiger partial charge in [0.1, 0.15) is 4.90 Å². The Morgan fingerprint density at radius 2 is 2.09 bits per heavy atom. The number of sulfonamides is 1. The van der Waals surface area contributed by atoms with Crippen molar-refractivity contribution in [3.63, 3.8) is 0 Å². The average Bonchev–Trinajstić information content (AvgIpc) is 2.53. The Hall–Kier alpha value is -2.41. The van der Waals surface area contributed by atoms with Gasteiger partial charge in [0.05, 0.1) is 17.9 Å². The molecule has 0 unspecified atom stereocenters. The van der Waals surface area contributed by atoms with E-state index in [1.165, 1.54) is 0 Å². The first-order valence-electron chi connectivity index (χ1n) is 6.95. The number of nitrogens with one attached hydrogen (secondary N) is 2. The summed E-state index contributed by atoms with van der Waals surface area (Å²) in [7, 11) is -3.59. The lowest BCUT2D eigenvalue weighted by molar-refractivity contribution is 0.591. The first kappa shape index (κ1) is 14.5. The van der Waals surface area contributed by atoms with Crippen LogP contribution in [0.25, 0.3) is 0 Å². The summed E-state index contributed by atoms with van der Waals surface area (Å²) in [5, 5.41) is 3.01. The zero-order valence-corrected chi connectivity index (χ0v) is 12.9.